The van der Waals surface area contributed by atoms with E-state index in [1.54, 1.807) is 12.1 Å². The van der Waals surface area contributed by atoms with E-state index in [9.17, 15) is 9.59 Å². The average molecular weight is 233 g/mol. The van der Waals surface area contributed by atoms with E-state index in [2.05, 4.69) is 11.9 Å². The van der Waals surface area contributed by atoms with Gasteiger partial charge in [-0.2, -0.15) is 0 Å². The van der Waals surface area contributed by atoms with Crippen LogP contribution in [0.25, 0.3) is 0 Å². The number of esters is 1. The topological polar surface area (TPSA) is 55.4 Å². The zero-order chi connectivity index (χ0) is 12.8. The summed E-state index contributed by atoms with van der Waals surface area (Å²) < 4.78 is 4.71. The van der Waals surface area contributed by atoms with Crippen LogP contribution in [0.3, 0.4) is 0 Å². The largest absolute Gasteiger partial charge is 0.452 e. The molecule has 0 aromatic heterocycles. The molecule has 4 nitrogen and oxygen atoms in total. The standard InChI is InChI=1S/C13H15NO3/c1-9(2)13(16)17-8-12(15)14-11-6-4-10(3)5-7-11/h4-7H,1,8H2,2-3H3,(H,14,15). The van der Waals surface area contributed by atoms with Crippen molar-refractivity contribution in [1.82, 2.24) is 0 Å². The lowest BCUT2D eigenvalue weighted by atomic mass is 10.2. The van der Waals surface area contributed by atoms with E-state index in [4.69, 9.17) is 4.74 Å². The van der Waals surface area contributed by atoms with Crippen LogP contribution in [0.15, 0.2) is 36.4 Å². The Morgan fingerprint density at radius 1 is 1.29 bits per heavy atom. The first-order valence-electron chi connectivity index (χ1n) is 5.18. The quantitative estimate of drug-likeness (QED) is 0.639. The smallest absolute Gasteiger partial charge is 0.333 e. The van der Waals surface area contributed by atoms with Gasteiger partial charge in [-0.3, -0.25) is 4.79 Å². The molecule has 0 saturated carbocycles. The molecule has 17 heavy (non-hydrogen) atoms. The Balaban J connectivity index is 2.42. The van der Waals surface area contributed by atoms with E-state index < -0.39 is 5.97 Å². The molecule has 0 radical (unpaired) electrons. The highest BCUT2D eigenvalue weighted by Crippen LogP contribution is 2.08. The van der Waals surface area contributed by atoms with Crippen molar-refractivity contribution < 1.29 is 14.3 Å². The predicted octanol–water partition coefficient (Wildman–Crippen LogP) is 2.05. The first-order chi connectivity index (χ1) is 7.99. The highest BCUT2D eigenvalue weighted by Gasteiger charge is 2.07. The normalized spacial score (nSPS) is 9.53. The van der Waals surface area contributed by atoms with E-state index in [0.717, 1.165) is 5.56 Å². The van der Waals surface area contributed by atoms with Gasteiger partial charge in [0.2, 0.25) is 0 Å². The van der Waals surface area contributed by atoms with Crippen LogP contribution in [0.2, 0.25) is 0 Å². The van der Waals surface area contributed by atoms with Crippen molar-refractivity contribution in [2.24, 2.45) is 0 Å². The molecule has 0 aliphatic rings. The van der Waals surface area contributed by atoms with Gasteiger partial charge in [0.25, 0.3) is 5.91 Å². The van der Waals surface area contributed by atoms with Gasteiger partial charge in [0.15, 0.2) is 6.61 Å². The molecule has 0 heterocycles. The molecule has 0 saturated heterocycles. The third-order valence-corrected chi connectivity index (χ3v) is 2.02. The second kappa shape index (κ2) is 5.84. The molecule has 1 N–H and O–H groups in total. The molecular formula is C13H15NO3. The number of nitrogens with one attached hydrogen (secondary N) is 1. The SMILES string of the molecule is C=C(C)C(=O)OCC(=O)Nc1ccc(C)cc1. The van der Waals surface area contributed by atoms with E-state index in [1.165, 1.54) is 6.92 Å². The van der Waals surface area contributed by atoms with Gasteiger partial charge < -0.3 is 10.1 Å². The number of ether oxygens (including phenoxy) is 1. The first kappa shape index (κ1) is 13.0. The van der Waals surface area contributed by atoms with Crippen LogP contribution in [-0.4, -0.2) is 18.5 Å². The molecule has 0 unspecified atom stereocenters. The summed E-state index contributed by atoms with van der Waals surface area (Å²) in [5.74, 6) is -0.937. The molecular weight excluding hydrogens is 218 g/mol. The third kappa shape index (κ3) is 4.51. The molecule has 0 bridgehead atoms. The van der Waals surface area contributed by atoms with Gasteiger partial charge in [-0.05, 0) is 26.0 Å². The zero-order valence-corrected chi connectivity index (χ0v) is 9.95. The van der Waals surface area contributed by atoms with Gasteiger partial charge in [-0.1, -0.05) is 24.3 Å². The van der Waals surface area contributed by atoms with Crippen LogP contribution in [0.1, 0.15) is 12.5 Å². The molecule has 0 atom stereocenters. The maximum Gasteiger partial charge on any atom is 0.333 e. The third-order valence-electron chi connectivity index (χ3n) is 2.02. The molecule has 0 aliphatic heterocycles. The van der Waals surface area contributed by atoms with Crippen molar-refractivity contribution in [2.45, 2.75) is 13.8 Å². The Morgan fingerprint density at radius 3 is 2.41 bits per heavy atom. The Bertz CT molecular complexity index is 434. The average Bonchev–Trinajstić information content (AvgIpc) is 2.29. The van der Waals surface area contributed by atoms with Gasteiger partial charge in [0, 0.05) is 11.3 Å². The molecule has 1 amide bonds. The van der Waals surface area contributed by atoms with Gasteiger partial charge in [-0.15, -0.1) is 0 Å². The summed E-state index contributed by atoms with van der Waals surface area (Å²) in [4.78, 5) is 22.4. The number of hydrogen-bond donors (Lipinski definition) is 1. The maximum absolute atomic E-state index is 11.4. The van der Waals surface area contributed by atoms with Crippen LogP contribution in [0.4, 0.5) is 5.69 Å². The summed E-state index contributed by atoms with van der Waals surface area (Å²) in [5.41, 5.74) is 2.05. The Morgan fingerprint density at radius 2 is 1.88 bits per heavy atom. The first-order valence-corrected chi connectivity index (χ1v) is 5.18. The highest BCUT2D eigenvalue weighted by molar-refractivity contribution is 5.94. The van der Waals surface area contributed by atoms with E-state index in [0.29, 0.717) is 5.69 Å². The molecule has 1 aromatic rings. The number of carbonyl (C=O) groups excluding carboxylic acids is 2. The number of hydrogen-bond acceptors (Lipinski definition) is 3. The molecule has 1 rings (SSSR count). The Hall–Kier alpha value is -2.10. The molecule has 90 valence electrons. The summed E-state index contributed by atoms with van der Waals surface area (Å²) in [5, 5.41) is 2.62. The minimum absolute atomic E-state index is 0.271. The van der Waals surface area contributed by atoms with E-state index in [1.807, 2.05) is 19.1 Å². The Labute approximate surface area is 100 Å². The van der Waals surface area contributed by atoms with E-state index >= 15 is 0 Å². The predicted molar refractivity (Wildman–Crippen MR) is 65.6 cm³/mol. The maximum atomic E-state index is 11.4. The fraction of sp³-hybridized carbons (Fsp3) is 0.231. The molecule has 0 aliphatic carbocycles. The Kier molecular flexibility index (Phi) is 4.46. The van der Waals surface area contributed by atoms with Crippen LogP contribution in [0, 0.1) is 6.92 Å². The summed E-state index contributed by atoms with van der Waals surface area (Å²) >= 11 is 0. The van der Waals surface area contributed by atoms with Crippen molar-refractivity contribution in [3.05, 3.63) is 42.0 Å². The number of carbonyl (C=O) groups is 2. The van der Waals surface area contributed by atoms with Crippen LogP contribution in [-0.2, 0) is 14.3 Å². The second-order valence-electron chi connectivity index (χ2n) is 3.77. The van der Waals surface area contributed by atoms with Gasteiger partial charge >= 0.3 is 5.97 Å². The lowest BCUT2D eigenvalue weighted by Crippen LogP contribution is -2.20. The molecule has 0 fully saturated rings. The molecule has 4 heteroatoms. The minimum Gasteiger partial charge on any atom is -0.452 e. The molecule has 1 aromatic carbocycles. The lowest BCUT2D eigenvalue weighted by Gasteiger charge is -2.06. The molecule has 0 spiro atoms. The van der Waals surface area contributed by atoms with Crippen LogP contribution >= 0.6 is 0 Å². The minimum atomic E-state index is -0.566. The summed E-state index contributed by atoms with van der Waals surface area (Å²) in [6.07, 6.45) is 0. The van der Waals surface area contributed by atoms with Gasteiger partial charge in [-0.25, -0.2) is 4.79 Å². The fourth-order valence-electron chi connectivity index (χ4n) is 1.09. The van der Waals surface area contributed by atoms with Crippen LogP contribution < -0.4 is 5.32 Å². The number of anilines is 1. The number of amides is 1. The highest BCUT2D eigenvalue weighted by atomic mass is 16.5. The van der Waals surface area contributed by atoms with Crippen molar-refractivity contribution in [3.8, 4) is 0 Å². The zero-order valence-electron chi connectivity index (χ0n) is 9.95. The summed E-state index contributed by atoms with van der Waals surface area (Å²) in [6, 6.07) is 7.34. The van der Waals surface area contributed by atoms with Crippen molar-refractivity contribution >= 4 is 17.6 Å². The second-order valence-corrected chi connectivity index (χ2v) is 3.77. The van der Waals surface area contributed by atoms with Crippen molar-refractivity contribution in [3.63, 3.8) is 0 Å². The monoisotopic (exact) mass is 233 g/mol. The van der Waals surface area contributed by atoms with Crippen LogP contribution in [0.5, 0.6) is 0 Å². The van der Waals surface area contributed by atoms with Crippen molar-refractivity contribution in [2.75, 3.05) is 11.9 Å². The summed E-state index contributed by atoms with van der Waals surface area (Å²) in [6.45, 7) is 6.60. The van der Waals surface area contributed by atoms with Gasteiger partial charge in [0.05, 0.1) is 0 Å². The lowest BCUT2D eigenvalue weighted by molar-refractivity contribution is -0.143. The number of rotatable bonds is 4. The number of aryl methyl sites for hydroxylation is 1. The summed E-state index contributed by atoms with van der Waals surface area (Å²) in [7, 11) is 0. The van der Waals surface area contributed by atoms with E-state index in [-0.39, 0.29) is 18.1 Å². The van der Waals surface area contributed by atoms with Crippen molar-refractivity contribution in [1.29, 1.82) is 0 Å². The fourth-order valence-corrected chi connectivity index (χ4v) is 1.09. The van der Waals surface area contributed by atoms with Gasteiger partial charge in [0.1, 0.15) is 0 Å². The number of benzene rings is 1.